The van der Waals surface area contributed by atoms with Crippen molar-refractivity contribution in [3.8, 4) is 0 Å². The molecule has 0 unspecified atom stereocenters. The molecular weight excluding hydrogens is 650 g/mol. The molecule has 2 aromatic carbocycles. The molecule has 3 aliphatic rings. The number of amides is 3. The minimum Gasteiger partial charge on any atom is -0.455 e. The summed E-state index contributed by atoms with van der Waals surface area (Å²) in [4.78, 5) is 60.0. The summed E-state index contributed by atoms with van der Waals surface area (Å²) in [5.41, 5.74) is 2.00. The normalized spacial score (nSPS) is 24.5. The fourth-order valence-electron chi connectivity index (χ4n) is 8.05. The second kappa shape index (κ2) is 16.8. The molecule has 3 saturated heterocycles. The van der Waals surface area contributed by atoms with Crippen molar-refractivity contribution in [2.75, 3.05) is 38.3 Å². The van der Waals surface area contributed by atoms with E-state index in [1.54, 1.807) is 22.0 Å². The summed E-state index contributed by atoms with van der Waals surface area (Å²) >= 11 is 0. The van der Waals surface area contributed by atoms with Crippen LogP contribution < -0.4 is 10.2 Å². The minimum atomic E-state index is -1.24. The fraction of sp³-hybridized carbons (Fsp3) is 0.500. The number of carbonyl (C=O) groups excluding carboxylic acids is 4. The van der Waals surface area contributed by atoms with Crippen LogP contribution in [-0.2, 0) is 33.4 Å². The van der Waals surface area contributed by atoms with E-state index in [1.807, 2.05) is 62.4 Å². The summed E-state index contributed by atoms with van der Waals surface area (Å²) in [7, 11) is 1.51. The molecule has 3 aliphatic heterocycles. The van der Waals surface area contributed by atoms with Gasteiger partial charge in [-0.3, -0.25) is 19.2 Å². The summed E-state index contributed by atoms with van der Waals surface area (Å²) in [6.45, 7) is 11.9. The molecule has 274 valence electrons. The van der Waals surface area contributed by atoms with Gasteiger partial charge in [0.15, 0.2) is 0 Å². The number of likely N-dealkylation sites (tertiary alicyclic amines) is 1. The summed E-state index contributed by atoms with van der Waals surface area (Å²) in [6, 6.07) is 13.3. The Hall–Kier alpha value is -4.32. The molecule has 11 nitrogen and oxygen atoms in total. The van der Waals surface area contributed by atoms with Crippen LogP contribution in [0, 0.1) is 25.7 Å². The van der Waals surface area contributed by atoms with Crippen molar-refractivity contribution in [1.82, 2.24) is 10.2 Å². The molecule has 2 bridgehead atoms. The second-order valence-electron chi connectivity index (χ2n) is 13.8. The number of ether oxygens (including phenoxy) is 3. The standard InChI is InChI=1S/C40H51N3O8/c1-6-8-16-32(45)41-29(25-49-5)35(28-14-10-9-11-15-28)50-39(48)33-31-19-20-40(51-31)34(33)37(46)43(22-12-13-23-44)36(40)38(47)42(21-7-2)30-24-26(3)17-18-27(30)4/h6-7,9-11,14-15,17-18,24,29,31,33-36,44H,1-2,8,12-13,16,19-23,25H2,3-5H3,(H,41,45)/t29-,31-,33+,34+,35-,36-,40+/m1/s1. The highest BCUT2D eigenvalue weighted by atomic mass is 16.6. The molecule has 0 saturated carbocycles. The van der Waals surface area contributed by atoms with E-state index in [4.69, 9.17) is 14.2 Å². The summed E-state index contributed by atoms with van der Waals surface area (Å²) < 4.78 is 18.5. The number of benzene rings is 2. The van der Waals surface area contributed by atoms with Crippen LogP contribution in [0.4, 0.5) is 5.69 Å². The van der Waals surface area contributed by atoms with Crippen molar-refractivity contribution in [3.63, 3.8) is 0 Å². The quantitative estimate of drug-likeness (QED) is 0.133. The van der Waals surface area contributed by atoms with Crippen LogP contribution in [0.15, 0.2) is 73.8 Å². The lowest BCUT2D eigenvalue weighted by Gasteiger charge is -2.37. The van der Waals surface area contributed by atoms with Crippen molar-refractivity contribution in [2.45, 2.75) is 82.3 Å². The van der Waals surface area contributed by atoms with Gasteiger partial charge in [-0.15, -0.1) is 13.2 Å². The summed E-state index contributed by atoms with van der Waals surface area (Å²) in [6.07, 6.45) is 4.27. The van der Waals surface area contributed by atoms with Gasteiger partial charge >= 0.3 is 5.97 Å². The number of hydrogen-bond donors (Lipinski definition) is 2. The van der Waals surface area contributed by atoms with Gasteiger partial charge in [-0.2, -0.15) is 0 Å². The van der Waals surface area contributed by atoms with Gasteiger partial charge < -0.3 is 34.4 Å². The second-order valence-corrected chi connectivity index (χ2v) is 13.8. The number of allylic oxidation sites excluding steroid dienone is 1. The number of rotatable bonds is 18. The Kier molecular flexibility index (Phi) is 12.5. The minimum absolute atomic E-state index is 0.0541. The van der Waals surface area contributed by atoms with Gasteiger partial charge in [0.05, 0.1) is 30.6 Å². The lowest BCUT2D eigenvalue weighted by Crippen LogP contribution is -2.56. The van der Waals surface area contributed by atoms with E-state index >= 15 is 0 Å². The van der Waals surface area contributed by atoms with Gasteiger partial charge in [-0.05, 0) is 68.7 Å². The average molecular weight is 702 g/mol. The number of esters is 1. The number of aryl methyl sites for hydroxylation is 2. The number of aliphatic hydroxyl groups excluding tert-OH is 1. The number of methoxy groups -OCH3 is 1. The monoisotopic (exact) mass is 701 g/mol. The molecule has 3 fully saturated rings. The van der Waals surface area contributed by atoms with E-state index in [2.05, 4.69) is 18.5 Å². The lowest BCUT2D eigenvalue weighted by atomic mass is 9.70. The molecule has 0 aliphatic carbocycles. The maximum Gasteiger partial charge on any atom is 0.313 e. The Morgan fingerprint density at radius 3 is 2.59 bits per heavy atom. The number of hydrogen-bond acceptors (Lipinski definition) is 8. The third-order valence-corrected chi connectivity index (χ3v) is 10.4. The zero-order valence-corrected chi connectivity index (χ0v) is 29.9. The molecular formula is C40H51N3O8. The zero-order valence-electron chi connectivity index (χ0n) is 29.9. The van der Waals surface area contributed by atoms with Crippen molar-refractivity contribution in [3.05, 3.63) is 90.5 Å². The van der Waals surface area contributed by atoms with E-state index in [1.165, 1.54) is 7.11 Å². The van der Waals surface area contributed by atoms with E-state index in [0.29, 0.717) is 37.7 Å². The third kappa shape index (κ3) is 7.66. The van der Waals surface area contributed by atoms with Crippen LogP contribution in [0.5, 0.6) is 0 Å². The molecule has 51 heavy (non-hydrogen) atoms. The van der Waals surface area contributed by atoms with Gasteiger partial charge in [-0.25, -0.2) is 0 Å². The highest BCUT2D eigenvalue weighted by Gasteiger charge is 2.75. The summed E-state index contributed by atoms with van der Waals surface area (Å²) in [5, 5.41) is 12.5. The maximum absolute atomic E-state index is 14.9. The first-order valence-electron chi connectivity index (χ1n) is 17.8. The number of carbonyl (C=O) groups is 4. The van der Waals surface area contributed by atoms with Gasteiger partial charge in [-0.1, -0.05) is 54.6 Å². The first-order chi connectivity index (χ1) is 24.6. The van der Waals surface area contributed by atoms with Gasteiger partial charge in [0.25, 0.3) is 5.91 Å². The molecule has 7 atom stereocenters. The Balaban J connectivity index is 1.50. The van der Waals surface area contributed by atoms with Crippen LogP contribution in [0.25, 0.3) is 0 Å². The molecule has 1 spiro atoms. The van der Waals surface area contributed by atoms with Gasteiger partial charge in [0, 0.05) is 38.9 Å². The maximum atomic E-state index is 14.9. The lowest BCUT2D eigenvalue weighted by molar-refractivity contribution is -0.163. The van der Waals surface area contributed by atoms with Gasteiger partial charge in [0.2, 0.25) is 11.8 Å². The number of aliphatic hydroxyl groups is 1. The van der Waals surface area contributed by atoms with Crippen LogP contribution in [0.2, 0.25) is 0 Å². The van der Waals surface area contributed by atoms with E-state index in [0.717, 1.165) is 16.8 Å². The van der Waals surface area contributed by atoms with Gasteiger partial charge in [0.1, 0.15) is 17.7 Å². The summed E-state index contributed by atoms with van der Waals surface area (Å²) in [5.74, 6) is -3.43. The molecule has 5 rings (SSSR count). The number of fused-ring (bicyclic) bond motifs is 1. The van der Waals surface area contributed by atoms with E-state index in [-0.39, 0.29) is 50.4 Å². The number of anilines is 1. The van der Waals surface area contributed by atoms with Crippen LogP contribution >= 0.6 is 0 Å². The number of unbranched alkanes of at least 4 members (excludes halogenated alkanes) is 1. The Labute approximate surface area is 300 Å². The molecule has 3 amide bonds. The van der Waals surface area contributed by atoms with Crippen LogP contribution in [0.3, 0.4) is 0 Å². The largest absolute Gasteiger partial charge is 0.455 e. The highest BCUT2D eigenvalue weighted by molar-refractivity contribution is 6.05. The topological polar surface area (TPSA) is 135 Å². The first-order valence-corrected chi connectivity index (χ1v) is 17.8. The van der Waals surface area contributed by atoms with Crippen molar-refractivity contribution in [1.29, 1.82) is 0 Å². The zero-order chi connectivity index (χ0) is 36.7. The number of nitrogens with one attached hydrogen (secondary N) is 1. The van der Waals surface area contributed by atoms with Crippen LogP contribution in [-0.4, -0.2) is 90.9 Å². The van der Waals surface area contributed by atoms with Crippen molar-refractivity contribution < 1.29 is 38.5 Å². The Bertz CT molecular complexity index is 1600. The highest BCUT2D eigenvalue weighted by Crippen LogP contribution is 2.59. The molecule has 2 N–H and O–H groups in total. The predicted molar refractivity (Wildman–Crippen MR) is 193 cm³/mol. The first kappa shape index (κ1) is 37.9. The molecule has 2 aromatic rings. The Morgan fingerprint density at radius 1 is 1.14 bits per heavy atom. The SMILES string of the molecule is C=CCCC(=O)N[C@H](COC)[C@H](OC(=O)[C@@H]1[C@H]2C(=O)N(CCCCO)[C@H](C(=O)N(CC=C)c3cc(C)ccc3C)[C@]23CC[C@H]1O3)c1ccccc1. The smallest absolute Gasteiger partial charge is 0.313 e. The molecule has 3 heterocycles. The fourth-order valence-corrected chi connectivity index (χ4v) is 8.05. The van der Waals surface area contributed by atoms with Crippen molar-refractivity contribution in [2.24, 2.45) is 11.8 Å². The van der Waals surface area contributed by atoms with E-state index in [9.17, 15) is 24.3 Å². The number of nitrogens with zero attached hydrogens (tertiary/aromatic N) is 2. The Morgan fingerprint density at radius 2 is 1.90 bits per heavy atom. The van der Waals surface area contributed by atoms with E-state index < -0.39 is 47.7 Å². The molecule has 0 aromatic heterocycles. The molecule has 11 heteroatoms. The predicted octanol–water partition coefficient (Wildman–Crippen LogP) is 4.35. The average Bonchev–Trinajstić information content (AvgIpc) is 3.77. The molecule has 0 radical (unpaired) electrons. The van der Waals surface area contributed by atoms with Crippen molar-refractivity contribution >= 4 is 29.4 Å². The van der Waals surface area contributed by atoms with Crippen LogP contribution in [0.1, 0.15) is 61.3 Å². The third-order valence-electron chi connectivity index (χ3n) is 10.4.